The summed E-state index contributed by atoms with van der Waals surface area (Å²) in [7, 11) is 0. The van der Waals surface area contributed by atoms with Crippen molar-refractivity contribution in [2.24, 2.45) is 0 Å². The standard InChI is InChI=1S/C21H22F3N3O3/c22-21(23,24)15-5-2-6-16(11-15)25-13-19(28)27-17-7-1-4-14(10-17)20(29)26-12-18-8-3-9-30-18/h1-2,4-7,10-11,18,25H,3,8-9,12-13H2,(H,26,29)(H,27,28). The van der Waals surface area contributed by atoms with Crippen LogP contribution >= 0.6 is 0 Å². The van der Waals surface area contributed by atoms with E-state index in [-0.39, 0.29) is 24.2 Å². The van der Waals surface area contributed by atoms with E-state index in [1.54, 1.807) is 18.2 Å². The third kappa shape index (κ3) is 6.21. The quantitative estimate of drug-likeness (QED) is 0.638. The molecule has 0 spiro atoms. The molecule has 0 saturated carbocycles. The largest absolute Gasteiger partial charge is 0.416 e. The van der Waals surface area contributed by atoms with Crippen LogP contribution in [0.25, 0.3) is 0 Å². The molecule has 6 nitrogen and oxygen atoms in total. The maximum Gasteiger partial charge on any atom is 0.416 e. The molecule has 0 bridgehead atoms. The molecule has 0 aliphatic carbocycles. The fraction of sp³-hybridized carbons (Fsp3) is 0.333. The van der Waals surface area contributed by atoms with Gasteiger partial charge in [-0.15, -0.1) is 0 Å². The summed E-state index contributed by atoms with van der Waals surface area (Å²) in [6, 6.07) is 11.0. The van der Waals surface area contributed by atoms with Gasteiger partial charge in [0.05, 0.1) is 18.2 Å². The van der Waals surface area contributed by atoms with Crippen LogP contribution in [0.4, 0.5) is 24.5 Å². The van der Waals surface area contributed by atoms with Gasteiger partial charge in [-0.05, 0) is 49.2 Å². The zero-order valence-corrected chi connectivity index (χ0v) is 16.1. The first kappa shape index (κ1) is 21.6. The van der Waals surface area contributed by atoms with Gasteiger partial charge in [-0.2, -0.15) is 13.2 Å². The lowest BCUT2D eigenvalue weighted by atomic mass is 10.1. The van der Waals surface area contributed by atoms with Crippen LogP contribution in [0, 0.1) is 0 Å². The van der Waals surface area contributed by atoms with E-state index in [1.165, 1.54) is 18.2 Å². The second-order valence-corrected chi connectivity index (χ2v) is 6.91. The molecule has 0 radical (unpaired) electrons. The maximum absolute atomic E-state index is 12.8. The molecule has 3 N–H and O–H groups in total. The minimum absolute atomic E-state index is 0.0266. The number of carbonyl (C=O) groups excluding carboxylic acids is 2. The number of rotatable bonds is 7. The van der Waals surface area contributed by atoms with E-state index in [9.17, 15) is 22.8 Å². The normalized spacial score (nSPS) is 16.2. The highest BCUT2D eigenvalue weighted by atomic mass is 19.4. The Labute approximate surface area is 171 Å². The van der Waals surface area contributed by atoms with Crippen molar-refractivity contribution in [3.05, 3.63) is 59.7 Å². The van der Waals surface area contributed by atoms with Gasteiger partial charge in [-0.1, -0.05) is 12.1 Å². The lowest BCUT2D eigenvalue weighted by Crippen LogP contribution is -2.31. The van der Waals surface area contributed by atoms with Gasteiger partial charge in [0, 0.05) is 30.1 Å². The van der Waals surface area contributed by atoms with Gasteiger partial charge in [0.2, 0.25) is 5.91 Å². The summed E-state index contributed by atoms with van der Waals surface area (Å²) < 4.78 is 43.7. The topological polar surface area (TPSA) is 79.5 Å². The molecule has 1 aliphatic heterocycles. The molecule has 0 aromatic heterocycles. The highest BCUT2D eigenvalue weighted by Crippen LogP contribution is 2.30. The Morgan fingerprint density at radius 1 is 1.07 bits per heavy atom. The summed E-state index contributed by atoms with van der Waals surface area (Å²) in [6.07, 6.45) is -2.53. The first-order chi connectivity index (χ1) is 14.3. The maximum atomic E-state index is 12.8. The zero-order valence-electron chi connectivity index (χ0n) is 16.1. The van der Waals surface area contributed by atoms with Gasteiger partial charge < -0.3 is 20.7 Å². The third-order valence-corrected chi connectivity index (χ3v) is 4.57. The van der Waals surface area contributed by atoms with E-state index in [0.717, 1.165) is 25.0 Å². The summed E-state index contributed by atoms with van der Waals surface area (Å²) in [6.45, 7) is 0.906. The fourth-order valence-corrected chi connectivity index (χ4v) is 3.05. The number of halogens is 3. The van der Waals surface area contributed by atoms with Crippen LogP contribution in [0.5, 0.6) is 0 Å². The van der Waals surface area contributed by atoms with Crippen molar-refractivity contribution >= 4 is 23.2 Å². The van der Waals surface area contributed by atoms with Crippen molar-refractivity contribution in [3.8, 4) is 0 Å². The number of nitrogens with one attached hydrogen (secondary N) is 3. The number of amides is 2. The highest BCUT2D eigenvalue weighted by Gasteiger charge is 2.30. The van der Waals surface area contributed by atoms with Crippen LogP contribution in [-0.2, 0) is 15.7 Å². The second kappa shape index (κ2) is 9.62. The molecule has 1 unspecified atom stereocenters. The SMILES string of the molecule is O=C(CNc1cccc(C(F)(F)F)c1)Nc1cccc(C(=O)NCC2CCCO2)c1. The van der Waals surface area contributed by atoms with E-state index < -0.39 is 17.6 Å². The minimum Gasteiger partial charge on any atom is -0.376 e. The average molecular weight is 421 g/mol. The molecule has 9 heteroatoms. The Balaban J connectivity index is 1.51. The van der Waals surface area contributed by atoms with Crippen molar-refractivity contribution in [1.82, 2.24) is 5.32 Å². The zero-order chi connectivity index (χ0) is 21.6. The number of hydrogen-bond acceptors (Lipinski definition) is 4. The second-order valence-electron chi connectivity index (χ2n) is 6.91. The molecule has 2 amide bonds. The third-order valence-electron chi connectivity index (χ3n) is 4.57. The summed E-state index contributed by atoms with van der Waals surface area (Å²) in [5.74, 6) is -0.729. The van der Waals surface area contributed by atoms with Crippen LogP contribution < -0.4 is 16.0 Å². The fourth-order valence-electron chi connectivity index (χ4n) is 3.05. The van der Waals surface area contributed by atoms with E-state index in [4.69, 9.17) is 4.74 Å². The van der Waals surface area contributed by atoms with Crippen LogP contribution in [0.3, 0.4) is 0 Å². The smallest absolute Gasteiger partial charge is 0.376 e. The van der Waals surface area contributed by atoms with Crippen LogP contribution in [0.15, 0.2) is 48.5 Å². The van der Waals surface area contributed by atoms with E-state index >= 15 is 0 Å². The first-order valence-corrected chi connectivity index (χ1v) is 9.52. The van der Waals surface area contributed by atoms with Gasteiger partial charge >= 0.3 is 6.18 Å². The Morgan fingerprint density at radius 2 is 1.83 bits per heavy atom. The number of hydrogen-bond donors (Lipinski definition) is 3. The van der Waals surface area contributed by atoms with Crippen molar-refractivity contribution in [2.45, 2.75) is 25.1 Å². The molecule has 1 heterocycles. The lowest BCUT2D eigenvalue weighted by Gasteiger charge is -2.12. The van der Waals surface area contributed by atoms with Gasteiger partial charge in [0.1, 0.15) is 0 Å². The van der Waals surface area contributed by atoms with Crippen LogP contribution in [0.2, 0.25) is 0 Å². The molecule has 160 valence electrons. The molecule has 2 aromatic carbocycles. The number of ether oxygens (including phenoxy) is 1. The summed E-state index contributed by atoms with van der Waals surface area (Å²) in [4.78, 5) is 24.4. The van der Waals surface area contributed by atoms with Crippen molar-refractivity contribution < 1.29 is 27.5 Å². The molecule has 3 rings (SSSR count). The molecule has 1 aliphatic rings. The van der Waals surface area contributed by atoms with Crippen LogP contribution in [0.1, 0.15) is 28.8 Å². The Kier molecular flexibility index (Phi) is 6.94. The highest BCUT2D eigenvalue weighted by molar-refractivity contribution is 5.98. The predicted molar refractivity (Wildman–Crippen MR) is 106 cm³/mol. The molecule has 2 aromatic rings. The van der Waals surface area contributed by atoms with Gasteiger partial charge in [0.25, 0.3) is 5.91 Å². The van der Waals surface area contributed by atoms with Crippen molar-refractivity contribution in [1.29, 1.82) is 0 Å². The van der Waals surface area contributed by atoms with Gasteiger partial charge in [-0.25, -0.2) is 0 Å². The van der Waals surface area contributed by atoms with Gasteiger partial charge in [-0.3, -0.25) is 9.59 Å². The first-order valence-electron chi connectivity index (χ1n) is 9.52. The van der Waals surface area contributed by atoms with E-state index in [1.807, 2.05) is 0 Å². The van der Waals surface area contributed by atoms with Crippen LogP contribution in [-0.4, -0.2) is 37.6 Å². The summed E-state index contributed by atoms with van der Waals surface area (Å²) in [5, 5.41) is 8.09. The number of alkyl halides is 3. The van der Waals surface area contributed by atoms with E-state index in [0.29, 0.717) is 24.4 Å². The number of anilines is 2. The molecule has 1 saturated heterocycles. The monoisotopic (exact) mass is 421 g/mol. The van der Waals surface area contributed by atoms with Crippen molar-refractivity contribution in [3.63, 3.8) is 0 Å². The average Bonchev–Trinajstić information content (AvgIpc) is 3.24. The summed E-state index contributed by atoms with van der Waals surface area (Å²) in [5.41, 5.74) is 0.184. The Bertz CT molecular complexity index is 896. The number of benzene rings is 2. The van der Waals surface area contributed by atoms with Gasteiger partial charge in [0.15, 0.2) is 0 Å². The minimum atomic E-state index is -4.45. The molecule has 1 fully saturated rings. The Morgan fingerprint density at radius 3 is 2.57 bits per heavy atom. The molecule has 30 heavy (non-hydrogen) atoms. The predicted octanol–water partition coefficient (Wildman–Crippen LogP) is 3.66. The summed E-state index contributed by atoms with van der Waals surface area (Å²) >= 11 is 0. The lowest BCUT2D eigenvalue weighted by molar-refractivity contribution is -0.137. The molecular formula is C21H22F3N3O3. The molecule has 1 atom stereocenters. The number of carbonyl (C=O) groups is 2. The molecular weight excluding hydrogens is 399 g/mol. The van der Waals surface area contributed by atoms with E-state index in [2.05, 4.69) is 16.0 Å². The van der Waals surface area contributed by atoms with Crippen molar-refractivity contribution in [2.75, 3.05) is 30.3 Å². The Hall–Kier alpha value is -3.07.